The Morgan fingerprint density at radius 1 is 1.00 bits per heavy atom. The first-order chi connectivity index (χ1) is 9.69. The molecule has 3 rings (SSSR count). The van der Waals surface area contributed by atoms with Crippen molar-refractivity contribution in [3.05, 3.63) is 0 Å². The molecule has 0 spiro atoms. The van der Waals surface area contributed by atoms with E-state index in [1.54, 1.807) is 0 Å². The summed E-state index contributed by atoms with van der Waals surface area (Å²) in [5.41, 5.74) is 1.43. The highest BCUT2D eigenvalue weighted by atomic mass is 16.5. The molecule has 3 aliphatic carbocycles. The van der Waals surface area contributed by atoms with Gasteiger partial charge < -0.3 is 4.74 Å². The van der Waals surface area contributed by atoms with Crippen LogP contribution in [0.1, 0.15) is 80.1 Å². The maximum Gasteiger partial charge on any atom is 0.0636 e. The molecule has 122 valence electrons. The average molecular weight is 293 g/mol. The highest BCUT2D eigenvalue weighted by Gasteiger charge is 2.61. The summed E-state index contributed by atoms with van der Waals surface area (Å²) in [7, 11) is 0. The largest absolute Gasteiger partial charge is 0.378 e. The van der Waals surface area contributed by atoms with Gasteiger partial charge in [-0.15, -0.1) is 0 Å². The van der Waals surface area contributed by atoms with Gasteiger partial charge >= 0.3 is 0 Å². The van der Waals surface area contributed by atoms with Gasteiger partial charge in [0.25, 0.3) is 0 Å². The second-order valence-corrected chi connectivity index (χ2v) is 9.76. The standard InChI is InChI=1S/C20H36O/c1-14-7-8-15(18(14,2)3)10-12-21-17-13-16-9-11-20(17,6)19(16,4)5/h14-17H,7-13H2,1-6H3. The van der Waals surface area contributed by atoms with Crippen molar-refractivity contribution in [3.63, 3.8) is 0 Å². The molecule has 0 aromatic heterocycles. The van der Waals surface area contributed by atoms with Crippen molar-refractivity contribution in [2.24, 2.45) is 34.0 Å². The zero-order valence-electron chi connectivity index (χ0n) is 15.2. The lowest BCUT2D eigenvalue weighted by molar-refractivity contribution is -0.0534. The van der Waals surface area contributed by atoms with Crippen molar-refractivity contribution < 1.29 is 4.74 Å². The second-order valence-electron chi connectivity index (χ2n) is 9.76. The minimum absolute atomic E-state index is 0.427. The van der Waals surface area contributed by atoms with Gasteiger partial charge in [-0.1, -0.05) is 41.5 Å². The Morgan fingerprint density at radius 3 is 2.19 bits per heavy atom. The molecule has 21 heavy (non-hydrogen) atoms. The molecule has 0 radical (unpaired) electrons. The summed E-state index contributed by atoms with van der Waals surface area (Å²) < 4.78 is 6.47. The molecule has 0 aromatic rings. The van der Waals surface area contributed by atoms with Gasteiger partial charge in [0.05, 0.1) is 6.10 Å². The smallest absolute Gasteiger partial charge is 0.0636 e. The lowest BCUT2D eigenvalue weighted by Gasteiger charge is -2.39. The SMILES string of the molecule is CC1CCC(CCOC2CC3CCC2(C)C3(C)C)C1(C)C. The average Bonchev–Trinajstić information content (AvgIpc) is 2.86. The van der Waals surface area contributed by atoms with Crippen molar-refractivity contribution in [1.29, 1.82) is 0 Å². The van der Waals surface area contributed by atoms with Gasteiger partial charge in [-0.2, -0.15) is 0 Å². The summed E-state index contributed by atoms with van der Waals surface area (Å²) in [5, 5.41) is 0. The van der Waals surface area contributed by atoms with Gasteiger partial charge in [0, 0.05) is 6.61 Å². The van der Waals surface area contributed by atoms with Crippen LogP contribution in [0.15, 0.2) is 0 Å². The van der Waals surface area contributed by atoms with Crippen LogP contribution in [0.25, 0.3) is 0 Å². The first-order valence-corrected chi connectivity index (χ1v) is 9.31. The molecule has 1 heteroatoms. The Balaban J connectivity index is 1.54. The van der Waals surface area contributed by atoms with Crippen LogP contribution in [-0.4, -0.2) is 12.7 Å². The van der Waals surface area contributed by atoms with Gasteiger partial charge in [0.2, 0.25) is 0 Å². The van der Waals surface area contributed by atoms with Crippen molar-refractivity contribution in [3.8, 4) is 0 Å². The lowest BCUT2D eigenvalue weighted by Crippen LogP contribution is -2.37. The molecule has 0 saturated heterocycles. The minimum Gasteiger partial charge on any atom is -0.378 e. The van der Waals surface area contributed by atoms with E-state index >= 15 is 0 Å². The summed E-state index contributed by atoms with van der Waals surface area (Å²) >= 11 is 0. The van der Waals surface area contributed by atoms with Crippen LogP contribution in [0.3, 0.4) is 0 Å². The fraction of sp³-hybridized carbons (Fsp3) is 1.00. The molecule has 0 aliphatic heterocycles. The molecule has 3 fully saturated rings. The monoisotopic (exact) mass is 292 g/mol. The van der Waals surface area contributed by atoms with Crippen LogP contribution in [-0.2, 0) is 4.74 Å². The van der Waals surface area contributed by atoms with E-state index in [-0.39, 0.29) is 0 Å². The molecule has 3 saturated carbocycles. The maximum absolute atomic E-state index is 6.47. The Labute approximate surface area is 132 Å². The van der Waals surface area contributed by atoms with E-state index in [9.17, 15) is 0 Å². The molecule has 0 heterocycles. The van der Waals surface area contributed by atoms with Crippen LogP contribution in [0.5, 0.6) is 0 Å². The number of hydrogen-bond acceptors (Lipinski definition) is 1. The maximum atomic E-state index is 6.47. The van der Waals surface area contributed by atoms with E-state index in [1.165, 1.54) is 38.5 Å². The number of fused-ring (bicyclic) bond motifs is 2. The van der Waals surface area contributed by atoms with Crippen LogP contribution in [0, 0.1) is 34.0 Å². The fourth-order valence-corrected chi connectivity index (χ4v) is 5.85. The molecule has 2 bridgehead atoms. The lowest BCUT2D eigenvalue weighted by atomic mass is 9.70. The van der Waals surface area contributed by atoms with Crippen molar-refractivity contribution >= 4 is 0 Å². The van der Waals surface area contributed by atoms with Gasteiger partial charge in [0.1, 0.15) is 0 Å². The normalized spacial score (nSPS) is 47.1. The Morgan fingerprint density at radius 2 is 1.71 bits per heavy atom. The van der Waals surface area contributed by atoms with Crippen molar-refractivity contribution in [2.75, 3.05) is 6.61 Å². The third-order valence-electron chi connectivity index (χ3n) is 8.77. The van der Waals surface area contributed by atoms with Gasteiger partial charge in [-0.25, -0.2) is 0 Å². The van der Waals surface area contributed by atoms with E-state index in [4.69, 9.17) is 4.74 Å². The first kappa shape index (κ1) is 15.8. The molecule has 0 aromatic carbocycles. The van der Waals surface area contributed by atoms with Gasteiger partial charge in [0.15, 0.2) is 0 Å². The first-order valence-electron chi connectivity index (χ1n) is 9.31. The van der Waals surface area contributed by atoms with Crippen molar-refractivity contribution in [1.82, 2.24) is 0 Å². The highest BCUT2D eigenvalue weighted by Crippen LogP contribution is 2.66. The molecule has 0 N–H and O–H groups in total. The Bertz CT molecular complexity index is 397. The molecular weight excluding hydrogens is 256 g/mol. The second kappa shape index (κ2) is 4.98. The molecule has 1 nitrogen and oxygen atoms in total. The quantitative estimate of drug-likeness (QED) is 0.647. The molecule has 5 atom stereocenters. The van der Waals surface area contributed by atoms with E-state index in [1.807, 2.05) is 0 Å². The number of hydrogen-bond donors (Lipinski definition) is 0. The predicted octanol–water partition coefficient (Wildman–Crippen LogP) is 5.68. The summed E-state index contributed by atoms with van der Waals surface area (Å²) in [6, 6.07) is 0. The zero-order valence-corrected chi connectivity index (χ0v) is 15.2. The van der Waals surface area contributed by atoms with Crippen LogP contribution in [0.2, 0.25) is 0 Å². The third kappa shape index (κ3) is 2.21. The van der Waals surface area contributed by atoms with Crippen LogP contribution < -0.4 is 0 Å². The summed E-state index contributed by atoms with van der Waals surface area (Å²) in [5.74, 6) is 2.64. The van der Waals surface area contributed by atoms with E-state index < -0.39 is 0 Å². The summed E-state index contributed by atoms with van der Waals surface area (Å²) in [6.07, 6.45) is 8.73. The summed E-state index contributed by atoms with van der Waals surface area (Å²) in [4.78, 5) is 0. The highest BCUT2D eigenvalue weighted by molar-refractivity contribution is 5.11. The van der Waals surface area contributed by atoms with Crippen LogP contribution in [0.4, 0.5) is 0 Å². The molecule has 5 unspecified atom stereocenters. The Kier molecular flexibility index (Phi) is 3.76. The van der Waals surface area contributed by atoms with Crippen LogP contribution >= 0.6 is 0 Å². The Hall–Kier alpha value is -0.0400. The minimum atomic E-state index is 0.427. The molecule has 3 aliphatic rings. The van der Waals surface area contributed by atoms with Gasteiger partial charge in [-0.3, -0.25) is 0 Å². The number of ether oxygens (including phenoxy) is 1. The zero-order chi connectivity index (χ0) is 15.5. The van der Waals surface area contributed by atoms with E-state index in [0.717, 1.165) is 24.4 Å². The van der Waals surface area contributed by atoms with E-state index in [0.29, 0.717) is 22.3 Å². The number of rotatable bonds is 4. The predicted molar refractivity (Wildman–Crippen MR) is 89.3 cm³/mol. The van der Waals surface area contributed by atoms with Crippen molar-refractivity contribution in [2.45, 2.75) is 86.2 Å². The summed E-state index contributed by atoms with van der Waals surface area (Å²) in [6.45, 7) is 15.8. The van der Waals surface area contributed by atoms with Gasteiger partial charge in [-0.05, 0) is 72.5 Å². The molecular formula is C20H36O. The third-order valence-corrected chi connectivity index (χ3v) is 8.77. The van der Waals surface area contributed by atoms with E-state index in [2.05, 4.69) is 41.5 Å². The topological polar surface area (TPSA) is 9.23 Å². The fourth-order valence-electron chi connectivity index (χ4n) is 5.85. The molecule has 0 amide bonds.